The maximum atomic E-state index is 6.52. The molecule has 220 valence electrons. The maximum Gasteiger partial charge on any atom is 0.136 e. The zero-order valence-electron chi connectivity index (χ0n) is 25.4. The Labute approximate surface area is 275 Å². The van der Waals surface area contributed by atoms with Crippen molar-refractivity contribution < 1.29 is 4.42 Å². The van der Waals surface area contributed by atoms with Crippen molar-refractivity contribution in [3.8, 4) is 11.1 Å². The van der Waals surface area contributed by atoms with E-state index in [1.165, 1.54) is 41.7 Å². The zero-order chi connectivity index (χ0) is 30.9. The molecule has 0 unspecified atom stereocenters. The largest absolute Gasteiger partial charge is 0.456 e. The van der Waals surface area contributed by atoms with Crippen LogP contribution in [0.3, 0.4) is 0 Å². The predicted octanol–water partition coefficient (Wildman–Crippen LogP) is 13.4. The number of nitrogens with zero attached hydrogens (tertiary/aromatic N) is 1. The first-order valence-corrected chi connectivity index (χ1v) is 16.7. The van der Waals surface area contributed by atoms with Gasteiger partial charge in [-0.25, -0.2) is 0 Å². The van der Waals surface area contributed by atoms with Gasteiger partial charge in [-0.05, 0) is 76.3 Å². The third kappa shape index (κ3) is 4.10. The molecule has 2 nitrogen and oxygen atoms in total. The number of anilines is 3. The summed E-state index contributed by atoms with van der Waals surface area (Å²) < 4.78 is 9.12. The van der Waals surface area contributed by atoms with Crippen molar-refractivity contribution in [2.75, 3.05) is 4.90 Å². The summed E-state index contributed by atoms with van der Waals surface area (Å²) in [6.45, 7) is 0. The fraction of sp³-hybridized carbons (Fsp3) is 0. The standard InChI is InChI=1S/C44H27NOS/c1-2-13-30-26-41-37(25-29(30)12-1)44-35(18-10-21-40(44)46-41)33-16-5-7-19-39(33)45(38-20-9-14-28-11-3-4-15-32(28)38)31-23-24-43-36(27-31)34-17-6-8-22-42(34)47-43/h1-27H. The van der Waals surface area contributed by atoms with Crippen LogP contribution in [0.4, 0.5) is 17.1 Å². The molecule has 10 rings (SSSR count). The van der Waals surface area contributed by atoms with Crippen molar-refractivity contribution >= 4 is 92.1 Å². The molecular formula is C44H27NOS. The molecule has 10 aromatic rings. The molecule has 47 heavy (non-hydrogen) atoms. The van der Waals surface area contributed by atoms with E-state index in [0.717, 1.165) is 50.1 Å². The molecule has 0 spiro atoms. The van der Waals surface area contributed by atoms with Crippen LogP contribution < -0.4 is 4.90 Å². The van der Waals surface area contributed by atoms with Gasteiger partial charge in [0.25, 0.3) is 0 Å². The SMILES string of the molecule is c1ccc(N(c2ccc3sc4ccccc4c3c2)c2cccc3ccccc23)c(-c2cccc3oc4cc5ccccc5cc4c23)c1. The Bertz CT molecular complexity index is 2820. The van der Waals surface area contributed by atoms with Gasteiger partial charge < -0.3 is 9.32 Å². The summed E-state index contributed by atoms with van der Waals surface area (Å²) in [5.41, 5.74) is 7.49. The Morgan fingerprint density at radius 1 is 0.404 bits per heavy atom. The summed E-state index contributed by atoms with van der Waals surface area (Å²) in [5.74, 6) is 0. The molecule has 2 aromatic heterocycles. The Morgan fingerprint density at radius 3 is 1.98 bits per heavy atom. The summed E-state index contributed by atoms with van der Waals surface area (Å²) >= 11 is 1.85. The molecule has 0 bridgehead atoms. The quantitative estimate of drug-likeness (QED) is 0.195. The summed E-state index contributed by atoms with van der Waals surface area (Å²) in [6, 6.07) is 59.1. The summed E-state index contributed by atoms with van der Waals surface area (Å²) in [5, 5.41) is 9.65. The number of furan rings is 1. The highest BCUT2D eigenvalue weighted by Gasteiger charge is 2.22. The molecule has 0 radical (unpaired) electrons. The Kier molecular flexibility index (Phi) is 5.78. The number of rotatable bonds is 4. The summed E-state index contributed by atoms with van der Waals surface area (Å²) in [7, 11) is 0. The summed E-state index contributed by atoms with van der Waals surface area (Å²) in [4.78, 5) is 2.44. The van der Waals surface area contributed by atoms with Crippen LogP contribution >= 0.6 is 11.3 Å². The lowest BCUT2D eigenvalue weighted by Crippen LogP contribution is -2.11. The molecule has 0 N–H and O–H groups in total. The Balaban J connectivity index is 1.28. The van der Waals surface area contributed by atoms with Gasteiger partial charge in [0.15, 0.2) is 0 Å². The van der Waals surface area contributed by atoms with Crippen LogP contribution in [0.25, 0.3) is 74.8 Å². The molecule has 0 amide bonds. The lowest BCUT2D eigenvalue weighted by atomic mass is 9.95. The van der Waals surface area contributed by atoms with Gasteiger partial charge in [0.05, 0.1) is 11.4 Å². The van der Waals surface area contributed by atoms with Crippen molar-refractivity contribution in [2.24, 2.45) is 0 Å². The molecule has 2 heterocycles. The van der Waals surface area contributed by atoms with Crippen molar-refractivity contribution in [1.29, 1.82) is 0 Å². The second-order valence-electron chi connectivity index (χ2n) is 12.1. The van der Waals surface area contributed by atoms with Gasteiger partial charge in [0, 0.05) is 47.6 Å². The molecule has 0 aliphatic rings. The van der Waals surface area contributed by atoms with E-state index in [9.17, 15) is 0 Å². The predicted molar refractivity (Wildman–Crippen MR) is 202 cm³/mol. The minimum Gasteiger partial charge on any atom is -0.456 e. The molecule has 0 aliphatic carbocycles. The van der Waals surface area contributed by atoms with Crippen LogP contribution in [-0.4, -0.2) is 0 Å². The van der Waals surface area contributed by atoms with Crippen molar-refractivity contribution in [3.05, 3.63) is 164 Å². The number of para-hydroxylation sites is 1. The molecule has 0 saturated heterocycles. The first-order valence-electron chi connectivity index (χ1n) is 15.9. The van der Waals surface area contributed by atoms with Gasteiger partial charge in [0.1, 0.15) is 11.2 Å². The van der Waals surface area contributed by atoms with E-state index < -0.39 is 0 Å². The highest BCUT2D eigenvalue weighted by molar-refractivity contribution is 7.25. The lowest BCUT2D eigenvalue weighted by molar-refractivity contribution is 0.669. The number of thiophene rings is 1. The topological polar surface area (TPSA) is 16.4 Å². The number of hydrogen-bond acceptors (Lipinski definition) is 3. The Hall–Kier alpha value is -5.90. The second-order valence-corrected chi connectivity index (χ2v) is 13.2. The lowest BCUT2D eigenvalue weighted by Gasteiger charge is -2.29. The monoisotopic (exact) mass is 617 g/mol. The summed E-state index contributed by atoms with van der Waals surface area (Å²) in [6.07, 6.45) is 0. The maximum absolute atomic E-state index is 6.52. The number of hydrogen-bond donors (Lipinski definition) is 0. The first-order chi connectivity index (χ1) is 23.3. The average molecular weight is 618 g/mol. The molecule has 8 aromatic carbocycles. The van der Waals surface area contributed by atoms with E-state index in [2.05, 4.69) is 169 Å². The molecule has 0 atom stereocenters. The second kappa shape index (κ2) is 10.3. The van der Waals surface area contributed by atoms with Crippen molar-refractivity contribution in [2.45, 2.75) is 0 Å². The minimum absolute atomic E-state index is 0.894. The third-order valence-electron chi connectivity index (χ3n) is 9.42. The van der Waals surface area contributed by atoms with Crippen LogP contribution in [0.5, 0.6) is 0 Å². The van der Waals surface area contributed by atoms with Crippen LogP contribution in [0.15, 0.2) is 168 Å². The van der Waals surface area contributed by atoms with Gasteiger partial charge >= 0.3 is 0 Å². The normalized spacial score (nSPS) is 11.8. The molecule has 0 aliphatic heterocycles. The first kappa shape index (κ1) is 26.3. The van der Waals surface area contributed by atoms with Crippen LogP contribution in [0.2, 0.25) is 0 Å². The highest BCUT2D eigenvalue weighted by Crippen LogP contribution is 2.47. The van der Waals surface area contributed by atoms with E-state index in [4.69, 9.17) is 4.42 Å². The van der Waals surface area contributed by atoms with Gasteiger partial charge in [0.2, 0.25) is 0 Å². The molecule has 0 fully saturated rings. The number of benzene rings is 8. The van der Waals surface area contributed by atoms with E-state index in [1.807, 2.05) is 11.3 Å². The molecule has 0 saturated carbocycles. The molecule has 3 heteroatoms. The van der Waals surface area contributed by atoms with E-state index in [-0.39, 0.29) is 0 Å². The highest BCUT2D eigenvalue weighted by atomic mass is 32.1. The van der Waals surface area contributed by atoms with Crippen LogP contribution in [0, 0.1) is 0 Å². The zero-order valence-corrected chi connectivity index (χ0v) is 26.2. The van der Waals surface area contributed by atoms with Gasteiger partial charge in [-0.15, -0.1) is 11.3 Å². The van der Waals surface area contributed by atoms with E-state index >= 15 is 0 Å². The van der Waals surface area contributed by atoms with Crippen molar-refractivity contribution in [1.82, 2.24) is 0 Å². The van der Waals surface area contributed by atoms with Gasteiger partial charge in [-0.3, -0.25) is 0 Å². The van der Waals surface area contributed by atoms with Crippen LogP contribution in [-0.2, 0) is 0 Å². The fourth-order valence-electron chi connectivity index (χ4n) is 7.30. The van der Waals surface area contributed by atoms with E-state index in [0.29, 0.717) is 0 Å². The fourth-order valence-corrected chi connectivity index (χ4v) is 8.38. The van der Waals surface area contributed by atoms with Gasteiger partial charge in [-0.1, -0.05) is 109 Å². The minimum atomic E-state index is 0.894. The van der Waals surface area contributed by atoms with Crippen molar-refractivity contribution in [3.63, 3.8) is 0 Å². The van der Waals surface area contributed by atoms with Gasteiger partial charge in [-0.2, -0.15) is 0 Å². The van der Waals surface area contributed by atoms with E-state index in [1.54, 1.807) is 0 Å². The smallest absolute Gasteiger partial charge is 0.136 e. The average Bonchev–Trinajstić information content (AvgIpc) is 3.69. The number of fused-ring (bicyclic) bond motifs is 8. The third-order valence-corrected chi connectivity index (χ3v) is 10.6. The van der Waals surface area contributed by atoms with Crippen LogP contribution in [0.1, 0.15) is 0 Å². The Morgan fingerprint density at radius 2 is 1.06 bits per heavy atom. The molecular weight excluding hydrogens is 591 g/mol.